The molecule has 0 saturated heterocycles. The molecule has 3 N–H and O–H groups in total. The molecule has 0 amide bonds. The monoisotopic (exact) mass is 330 g/mol. The molecule has 2 unspecified atom stereocenters. The van der Waals surface area contributed by atoms with Gasteiger partial charge in [0.1, 0.15) is 0 Å². The van der Waals surface area contributed by atoms with Crippen molar-refractivity contribution in [2.75, 3.05) is 0 Å². The third-order valence-corrected chi connectivity index (χ3v) is 6.33. The smallest absolute Gasteiger partial charge is 0.0314 e. The Balaban J connectivity index is 2.10. The van der Waals surface area contributed by atoms with Gasteiger partial charge in [-0.15, -0.1) is 11.3 Å². The highest BCUT2D eigenvalue weighted by Crippen LogP contribution is 2.43. The van der Waals surface area contributed by atoms with Crippen LogP contribution in [0.2, 0.25) is 0 Å². The van der Waals surface area contributed by atoms with Gasteiger partial charge in [-0.3, -0.25) is 11.3 Å². The Hall–Kier alpha value is 0.1000. The molecular weight excluding hydrogens is 308 g/mol. The molecule has 18 heavy (non-hydrogen) atoms. The van der Waals surface area contributed by atoms with E-state index in [2.05, 4.69) is 46.6 Å². The van der Waals surface area contributed by atoms with E-state index in [4.69, 9.17) is 5.84 Å². The first-order valence-corrected chi connectivity index (χ1v) is 8.40. The number of nitrogens with two attached hydrogens (primary N) is 1. The molecule has 1 aliphatic carbocycles. The van der Waals surface area contributed by atoms with Gasteiger partial charge in [-0.2, -0.15) is 0 Å². The second kappa shape index (κ2) is 6.04. The Morgan fingerprint density at radius 2 is 2.33 bits per heavy atom. The van der Waals surface area contributed by atoms with Crippen molar-refractivity contribution in [3.05, 3.63) is 20.8 Å². The maximum absolute atomic E-state index is 5.83. The highest BCUT2D eigenvalue weighted by molar-refractivity contribution is 9.10. The van der Waals surface area contributed by atoms with Gasteiger partial charge in [0.05, 0.1) is 0 Å². The first-order chi connectivity index (χ1) is 8.54. The molecule has 1 fully saturated rings. The van der Waals surface area contributed by atoms with Gasteiger partial charge < -0.3 is 0 Å². The van der Waals surface area contributed by atoms with E-state index in [1.165, 1.54) is 35.0 Å². The Morgan fingerprint density at radius 1 is 1.56 bits per heavy atom. The Morgan fingerprint density at radius 3 is 2.89 bits per heavy atom. The lowest BCUT2D eigenvalue weighted by Gasteiger charge is -2.43. The summed E-state index contributed by atoms with van der Waals surface area (Å²) in [5, 5.41) is 2.14. The quantitative estimate of drug-likeness (QED) is 0.644. The van der Waals surface area contributed by atoms with Crippen LogP contribution in [0.25, 0.3) is 0 Å². The Labute approximate surface area is 122 Å². The van der Waals surface area contributed by atoms with Gasteiger partial charge in [0.15, 0.2) is 0 Å². The number of rotatable bonds is 4. The number of thiophene rings is 1. The molecule has 2 nitrogen and oxygen atoms in total. The molecule has 2 rings (SSSR count). The fraction of sp³-hybridized carbons (Fsp3) is 0.714. The molecule has 0 radical (unpaired) electrons. The van der Waals surface area contributed by atoms with Crippen LogP contribution in [0.3, 0.4) is 0 Å². The van der Waals surface area contributed by atoms with Crippen molar-refractivity contribution in [2.45, 2.75) is 52.0 Å². The molecule has 102 valence electrons. The van der Waals surface area contributed by atoms with Crippen molar-refractivity contribution in [3.8, 4) is 0 Å². The third kappa shape index (κ3) is 3.16. The molecule has 4 heteroatoms. The fourth-order valence-corrected chi connectivity index (χ4v) is 4.83. The first-order valence-electron chi connectivity index (χ1n) is 6.72. The maximum atomic E-state index is 5.83. The fourth-order valence-electron chi connectivity index (χ4n) is 3.25. The number of halogens is 1. The first kappa shape index (κ1) is 14.5. The van der Waals surface area contributed by atoms with Gasteiger partial charge in [-0.1, -0.05) is 26.7 Å². The van der Waals surface area contributed by atoms with Crippen LogP contribution in [0.5, 0.6) is 0 Å². The highest BCUT2D eigenvalue weighted by atomic mass is 79.9. The summed E-state index contributed by atoms with van der Waals surface area (Å²) in [6.07, 6.45) is 6.36. The minimum absolute atomic E-state index is 0.384. The van der Waals surface area contributed by atoms with Crippen LogP contribution >= 0.6 is 27.3 Å². The van der Waals surface area contributed by atoms with Crippen molar-refractivity contribution in [2.24, 2.45) is 17.2 Å². The van der Waals surface area contributed by atoms with Crippen LogP contribution in [0, 0.1) is 11.3 Å². The predicted octanol–water partition coefficient (Wildman–Crippen LogP) is 4.10. The van der Waals surface area contributed by atoms with E-state index in [9.17, 15) is 0 Å². The Kier molecular flexibility index (Phi) is 4.86. The van der Waals surface area contributed by atoms with E-state index in [0.29, 0.717) is 17.4 Å². The van der Waals surface area contributed by atoms with E-state index in [1.54, 1.807) is 0 Å². The van der Waals surface area contributed by atoms with Crippen LogP contribution in [-0.4, -0.2) is 6.04 Å². The predicted molar refractivity (Wildman–Crippen MR) is 82.6 cm³/mol. The molecule has 1 aromatic rings. The van der Waals surface area contributed by atoms with Crippen LogP contribution in [-0.2, 0) is 6.42 Å². The molecule has 0 aliphatic heterocycles. The Bertz CT molecular complexity index is 389. The highest BCUT2D eigenvalue weighted by Gasteiger charge is 2.37. The van der Waals surface area contributed by atoms with Crippen molar-refractivity contribution < 1.29 is 0 Å². The standard InChI is InChI=1S/C14H23BrN2S/c1-14(2)7-4-3-5-10(14)12(17-16)9-13-11(15)6-8-18-13/h6,8,10,12,17H,3-5,7,9,16H2,1-2H3. The largest absolute Gasteiger partial charge is 0.271 e. The molecule has 2 atom stereocenters. The molecule has 1 aliphatic rings. The van der Waals surface area contributed by atoms with Crippen LogP contribution in [0.15, 0.2) is 15.9 Å². The van der Waals surface area contributed by atoms with Gasteiger partial charge in [-0.25, -0.2) is 0 Å². The lowest BCUT2D eigenvalue weighted by atomic mass is 9.65. The van der Waals surface area contributed by atoms with E-state index >= 15 is 0 Å². The van der Waals surface area contributed by atoms with Crippen LogP contribution < -0.4 is 11.3 Å². The number of hydrazine groups is 1. The molecular formula is C14H23BrN2S. The minimum Gasteiger partial charge on any atom is -0.271 e. The zero-order valence-corrected chi connectivity index (χ0v) is 13.6. The summed E-state index contributed by atoms with van der Waals surface area (Å²) in [4.78, 5) is 1.40. The van der Waals surface area contributed by atoms with Crippen LogP contribution in [0.1, 0.15) is 44.4 Å². The van der Waals surface area contributed by atoms with Crippen LogP contribution in [0.4, 0.5) is 0 Å². The second-order valence-corrected chi connectivity index (χ2v) is 7.86. The average Bonchev–Trinajstić information content (AvgIpc) is 2.72. The summed E-state index contributed by atoms with van der Waals surface area (Å²) in [6.45, 7) is 4.79. The van der Waals surface area contributed by atoms with Crippen molar-refractivity contribution in [1.82, 2.24) is 5.43 Å². The average molecular weight is 331 g/mol. The topological polar surface area (TPSA) is 38.0 Å². The lowest BCUT2D eigenvalue weighted by molar-refractivity contribution is 0.0984. The van der Waals surface area contributed by atoms with Gasteiger partial charge in [-0.05, 0) is 58.0 Å². The SMILES string of the molecule is CC1(C)CCCCC1C(Cc1sccc1Br)NN. The zero-order valence-electron chi connectivity index (χ0n) is 11.2. The summed E-state index contributed by atoms with van der Waals surface area (Å²) in [5.41, 5.74) is 3.48. The second-order valence-electron chi connectivity index (χ2n) is 6.01. The zero-order chi connectivity index (χ0) is 13.2. The van der Waals surface area contributed by atoms with Crippen molar-refractivity contribution in [3.63, 3.8) is 0 Å². The molecule has 1 aromatic heterocycles. The molecule has 1 heterocycles. The normalized spacial score (nSPS) is 25.0. The van der Waals surface area contributed by atoms with Crippen molar-refractivity contribution >= 4 is 27.3 Å². The lowest BCUT2D eigenvalue weighted by Crippen LogP contribution is -2.48. The third-order valence-electron chi connectivity index (χ3n) is 4.39. The van der Waals surface area contributed by atoms with Crippen molar-refractivity contribution in [1.29, 1.82) is 0 Å². The minimum atomic E-state index is 0.384. The number of nitrogens with one attached hydrogen (secondary N) is 1. The summed E-state index contributed by atoms with van der Waals surface area (Å²) in [5.74, 6) is 6.50. The van der Waals surface area contributed by atoms with E-state index in [1.807, 2.05) is 11.3 Å². The van der Waals surface area contributed by atoms with E-state index < -0.39 is 0 Å². The summed E-state index contributed by atoms with van der Waals surface area (Å²) < 4.78 is 1.22. The molecule has 1 saturated carbocycles. The summed E-state index contributed by atoms with van der Waals surface area (Å²) >= 11 is 5.43. The van der Waals surface area contributed by atoms with E-state index in [-0.39, 0.29) is 0 Å². The molecule has 0 aromatic carbocycles. The molecule has 0 bridgehead atoms. The number of hydrogen-bond donors (Lipinski definition) is 2. The number of hydrogen-bond acceptors (Lipinski definition) is 3. The van der Waals surface area contributed by atoms with Gasteiger partial charge in [0.25, 0.3) is 0 Å². The van der Waals surface area contributed by atoms with Gasteiger partial charge in [0.2, 0.25) is 0 Å². The molecule has 0 spiro atoms. The van der Waals surface area contributed by atoms with E-state index in [0.717, 1.165) is 6.42 Å². The maximum Gasteiger partial charge on any atom is 0.0314 e. The summed E-state index contributed by atoms with van der Waals surface area (Å²) in [6, 6.07) is 2.51. The summed E-state index contributed by atoms with van der Waals surface area (Å²) in [7, 11) is 0. The van der Waals surface area contributed by atoms with Gasteiger partial charge >= 0.3 is 0 Å². The van der Waals surface area contributed by atoms with Gasteiger partial charge in [0, 0.05) is 15.4 Å².